The van der Waals surface area contributed by atoms with E-state index < -0.39 is 29.2 Å². The van der Waals surface area contributed by atoms with E-state index in [1.807, 2.05) is 0 Å². The van der Waals surface area contributed by atoms with Gasteiger partial charge in [0.05, 0.1) is 7.11 Å². The van der Waals surface area contributed by atoms with Crippen LogP contribution in [0.3, 0.4) is 0 Å². The second-order valence-electron chi connectivity index (χ2n) is 3.22. The predicted octanol–water partition coefficient (Wildman–Crippen LogP) is -1.12. The zero-order chi connectivity index (χ0) is 10.3. The number of carbonyl (C=O) groups excluding carboxylic acids is 3. The highest BCUT2D eigenvalue weighted by atomic mass is 16.6. The van der Waals surface area contributed by atoms with E-state index in [4.69, 9.17) is 0 Å². The Morgan fingerprint density at radius 1 is 1.50 bits per heavy atom. The Kier molecular flexibility index (Phi) is 1.73. The van der Waals surface area contributed by atoms with Gasteiger partial charge in [0.15, 0.2) is 0 Å². The maximum atomic E-state index is 11.4. The van der Waals surface area contributed by atoms with Gasteiger partial charge in [-0.05, 0) is 0 Å². The van der Waals surface area contributed by atoms with E-state index in [2.05, 4.69) is 14.2 Å². The first kappa shape index (κ1) is 8.98. The van der Waals surface area contributed by atoms with Gasteiger partial charge in [0.1, 0.15) is 19.1 Å². The summed E-state index contributed by atoms with van der Waals surface area (Å²) in [4.78, 5) is 34.0. The summed E-state index contributed by atoms with van der Waals surface area (Å²) in [6.45, 7) is -0.380. The first-order valence-corrected chi connectivity index (χ1v) is 4.05. The Balaban J connectivity index is 2.42. The lowest BCUT2D eigenvalue weighted by atomic mass is 9.80. The third kappa shape index (κ3) is 0.826. The van der Waals surface area contributed by atoms with Gasteiger partial charge in [-0.25, -0.2) is 0 Å². The van der Waals surface area contributed by atoms with Crippen molar-refractivity contribution in [3.63, 3.8) is 0 Å². The molecule has 0 aromatic rings. The third-order valence-corrected chi connectivity index (χ3v) is 2.62. The van der Waals surface area contributed by atoms with Crippen LogP contribution in [0.15, 0.2) is 0 Å². The molecule has 0 spiro atoms. The van der Waals surface area contributed by atoms with Crippen LogP contribution in [0.4, 0.5) is 0 Å². The maximum Gasteiger partial charge on any atom is 0.328 e. The zero-order valence-electron chi connectivity index (χ0n) is 7.44. The predicted molar refractivity (Wildman–Crippen MR) is 39.9 cm³/mol. The summed E-state index contributed by atoms with van der Waals surface area (Å²) in [7, 11) is 1.16. The number of esters is 3. The van der Waals surface area contributed by atoms with Gasteiger partial charge in [-0.15, -0.1) is 0 Å². The van der Waals surface area contributed by atoms with Crippen molar-refractivity contribution in [2.45, 2.75) is 0 Å². The van der Waals surface area contributed by atoms with E-state index in [1.54, 1.807) is 0 Å². The zero-order valence-corrected chi connectivity index (χ0v) is 7.44. The van der Waals surface area contributed by atoms with Crippen molar-refractivity contribution in [3.8, 4) is 0 Å². The molecule has 14 heavy (non-hydrogen) atoms. The lowest BCUT2D eigenvalue weighted by Gasteiger charge is -2.16. The minimum Gasteiger partial charge on any atom is -0.468 e. The normalized spacial score (nSPS) is 34.8. The van der Waals surface area contributed by atoms with Crippen LogP contribution in [-0.2, 0) is 28.6 Å². The van der Waals surface area contributed by atoms with Gasteiger partial charge in [-0.3, -0.25) is 14.4 Å². The summed E-state index contributed by atoms with van der Waals surface area (Å²) in [5, 5.41) is 0. The van der Waals surface area contributed by atoms with Crippen molar-refractivity contribution in [2.24, 2.45) is 11.3 Å². The Morgan fingerprint density at radius 3 is 2.86 bits per heavy atom. The molecule has 2 heterocycles. The van der Waals surface area contributed by atoms with Gasteiger partial charge in [0.2, 0.25) is 5.41 Å². The first-order chi connectivity index (χ1) is 6.63. The summed E-state index contributed by atoms with van der Waals surface area (Å²) >= 11 is 0. The molecule has 2 fully saturated rings. The highest BCUT2D eigenvalue weighted by Gasteiger charge is 2.67. The number of ether oxygens (including phenoxy) is 3. The summed E-state index contributed by atoms with van der Waals surface area (Å²) in [6.07, 6.45) is 0. The Labute approximate surface area is 79.1 Å². The lowest BCUT2D eigenvalue weighted by molar-refractivity contribution is -0.164. The van der Waals surface area contributed by atoms with Gasteiger partial charge >= 0.3 is 17.9 Å². The van der Waals surface area contributed by atoms with Crippen molar-refractivity contribution in [3.05, 3.63) is 0 Å². The number of hydrogen-bond acceptors (Lipinski definition) is 6. The van der Waals surface area contributed by atoms with Crippen LogP contribution in [0.1, 0.15) is 0 Å². The topological polar surface area (TPSA) is 78.9 Å². The van der Waals surface area contributed by atoms with Crippen LogP contribution in [0, 0.1) is 11.3 Å². The van der Waals surface area contributed by atoms with E-state index in [9.17, 15) is 14.4 Å². The minimum atomic E-state index is -1.55. The van der Waals surface area contributed by atoms with Crippen molar-refractivity contribution >= 4 is 17.9 Å². The average Bonchev–Trinajstić information content (AvgIpc) is 2.68. The van der Waals surface area contributed by atoms with E-state index in [1.165, 1.54) is 0 Å². The summed E-state index contributed by atoms with van der Waals surface area (Å²) in [5.74, 6) is -2.93. The first-order valence-electron chi connectivity index (χ1n) is 4.05. The van der Waals surface area contributed by atoms with Crippen LogP contribution >= 0.6 is 0 Å². The van der Waals surface area contributed by atoms with Crippen molar-refractivity contribution < 1.29 is 28.6 Å². The maximum absolute atomic E-state index is 11.4. The molecule has 2 atom stereocenters. The van der Waals surface area contributed by atoms with E-state index in [0.29, 0.717) is 0 Å². The number of cyclic esters (lactones) is 2. The smallest absolute Gasteiger partial charge is 0.328 e. The molecular formula is C8H8O6. The van der Waals surface area contributed by atoms with Gasteiger partial charge in [-0.2, -0.15) is 0 Å². The summed E-state index contributed by atoms with van der Waals surface area (Å²) in [6, 6.07) is 0. The molecule has 76 valence electrons. The van der Waals surface area contributed by atoms with Gasteiger partial charge < -0.3 is 14.2 Å². The molecule has 2 saturated heterocycles. The SMILES string of the molecule is COC(=O)[C@]12COC(=O)[C@@H]1COC2=O. The van der Waals surface area contributed by atoms with Crippen LogP contribution in [0.5, 0.6) is 0 Å². The molecule has 2 rings (SSSR count). The van der Waals surface area contributed by atoms with E-state index in [0.717, 1.165) is 7.11 Å². The largest absolute Gasteiger partial charge is 0.468 e. The van der Waals surface area contributed by atoms with Gasteiger partial charge in [-0.1, -0.05) is 0 Å². The monoisotopic (exact) mass is 200 g/mol. The second-order valence-corrected chi connectivity index (χ2v) is 3.22. The molecule has 0 bridgehead atoms. The molecule has 0 amide bonds. The molecule has 0 N–H and O–H groups in total. The van der Waals surface area contributed by atoms with Crippen LogP contribution in [-0.4, -0.2) is 38.2 Å². The third-order valence-electron chi connectivity index (χ3n) is 2.62. The van der Waals surface area contributed by atoms with Crippen LogP contribution in [0.2, 0.25) is 0 Å². The van der Waals surface area contributed by atoms with Crippen molar-refractivity contribution in [1.82, 2.24) is 0 Å². The molecular weight excluding hydrogens is 192 g/mol. The van der Waals surface area contributed by atoms with E-state index >= 15 is 0 Å². The van der Waals surface area contributed by atoms with E-state index in [-0.39, 0.29) is 13.2 Å². The fourth-order valence-corrected chi connectivity index (χ4v) is 1.75. The Hall–Kier alpha value is -1.59. The molecule has 0 aromatic heterocycles. The lowest BCUT2D eigenvalue weighted by Crippen LogP contribution is -2.42. The quantitative estimate of drug-likeness (QED) is 0.303. The molecule has 2 aliphatic rings. The van der Waals surface area contributed by atoms with Crippen molar-refractivity contribution in [2.75, 3.05) is 20.3 Å². The second kappa shape index (κ2) is 2.70. The number of hydrogen-bond donors (Lipinski definition) is 0. The highest BCUT2D eigenvalue weighted by molar-refractivity contribution is 6.07. The number of carbonyl (C=O) groups is 3. The van der Waals surface area contributed by atoms with Crippen molar-refractivity contribution in [1.29, 1.82) is 0 Å². The molecule has 0 radical (unpaired) electrons. The number of methoxy groups -OCH3 is 1. The Bertz CT molecular complexity index is 322. The average molecular weight is 200 g/mol. The summed E-state index contributed by atoms with van der Waals surface area (Å²) in [5.41, 5.74) is -1.55. The Morgan fingerprint density at radius 2 is 2.21 bits per heavy atom. The number of fused-ring (bicyclic) bond motifs is 1. The van der Waals surface area contributed by atoms with Gasteiger partial charge in [0, 0.05) is 0 Å². The molecule has 6 nitrogen and oxygen atoms in total. The molecule has 0 saturated carbocycles. The molecule has 2 aliphatic heterocycles. The molecule has 6 heteroatoms. The summed E-state index contributed by atoms with van der Waals surface area (Å²) < 4.78 is 13.8. The fraction of sp³-hybridized carbons (Fsp3) is 0.625. The molecule has 0 aromatic carbocycles. The minimum absolute atomic E-state index is 0.104. The highest BCUT2D eigenvalue weighted by Crippen LogP contribution is 2.42. The van der Waals surface area contributed by atoms with Crippen LogP contribution in [0.25, 0.3) is 0 Å². The molecule has 0 unspecified atom stereocenters. The standard InChI is InChI=1S/C8H8O6/c1-12-6(10)8-3-14-5(9)4(8)2-13-7(8)11/h4H,2-3H2,1H3/t4-,8-/m0/s1. The molecule has 0 aliphatic carbocycles. The van der Waals surface area contributed by atoms with Crippen LogP contribution < -0.4 is 0 Å². The van der Waals surface area contributed by atoms with Gasteiger partial charge in [0.25, 0.3) is 0 Å². The number of rotatable bonds is 1. The fourth-order valence-electron chi connectivity index (χ4n) is 1.75.